The van der Waals surface area contributed by atoms with Crippen LogP contribution in [-0.4, -0.2) is 26.4 Å². The molecule has 118 valence electrons. The molecule has 0 radical (unpaired) electrons. The van der Waals surface area contributed by atoms with Gasteiger partial charge in [0.25, 0.3) is 0 Å². The maximum atomic E-state index is 5.81. The lowest BCUT2D eigenvalue weighted by Crippen LogP contribution is -2.33. The maximum absolute atomic E-state index is 5.81. The van der Waals surface area contributed by atoms with Gasteiger partial charge in [-0.1, -0.05) is 18.6 Å². The van der Waals surface area contributed by atoms with Gasteiger partial charge in [0.15, 0.2) is 0 Å². The van der Waals surface area contributed by atoms with Crippen LogP contribution in [0.25, 0.3) is 11.0 Å². The Labute approximate surface area is 135 Å². The Balaban J connectivity index is 1.62. The summed E-state index contributed by atoms with van der Waals surface area (Å²) in [7, 11) is 0. The first-order valence-corrected chi connectivity index (χ1v) is 8.19. The third kappa shape index (κ3) is 2.92. The van der Waals surface area contributed by atoms with Gasteiger partial charge in [-0.2, -0.15) is 0 Å². The molecule has 1 aliphatic heterocycles. The molecule has 3 N–H and O–H groups in total. The molecule has 0 unspecified atom stereocenters. The molecule has 5 heteroatoms. The minimum Gasteiger partial charge on any atom is -0.384 e. The fraction of sp³-hybridized carbons (Fsp3) is 0.333. The van der Waals surface area contributed by atoms with Crippen molar-refractivity contribution in [3.05, 3.63) is 54.0 Å². The smallest absolute Gasteiger partial charge is 0.124 e. The summed E-state index contributed by atoms with van der Waals surface area (Å²) in [5.41, 5.74) is 9.18. The van der Waals surface area contributed by atoms with Crippen molar-refractivity contribution in [2.24, 2.45) is 0 Å². The highest BCUT2D eigenvalue weighted by Gasteiger charge is 2.26. The van der Waals surface area contributed by atoms with Crippen molar-refractivity contribution in [3.63, 3.8) is 0 Å². The van der Waals surface area contributed by atoms with Crippen molar-refractivity contribution in [2.45, 2.75) is 31.8 Å². The predicted octanol–water partition coefficient (Wildman–Crippen LogP) is 3.27. The van der Waals surface area contributed by atoms with Crippen LogP contribution in [0, 0.1) is 0 Å². The molecule has 23 heavy (non-hydrogen) atoms. The van der Waals surface area contributed by atoms with E-state index in [1.807, 2.05) is 24.3 Å². The molecule has 3 heterocycles. The summed E-state index contributed by atoms with van der Waals surface area (Å²) in [6.07, 6.45) is 5.40. The number of piperidine rings is 1. The van der Waals surface area contributed by atoms with Crippen LogP contribution < -0.4 is 5.73 Å². The second kappa shape index (κ2) is 6.01. The molecule has 0 bridgehead atoms. The van der Waals surface area contributed by atoms with Crippen LogP contribution in [0.3, 0.4) is 0 Å². The van der Waals surface area contributed by atoms with E-state index in [9.17, 15) is 0 Å². The third-order valence-electron chi connectivity index (χ3n) is 4.57. The van der Waals surface area contributed by atoms with Crippen molar-refractivity contribution in [3.8, 4) is 0 Å². The van der Waals surface area contributed by atoms with Crippen molar-refractivity contribution >= 4 is 16.9 Å². The number of nitrogen functional groups attached to an aromatic ring is 1. The van der Waals surface area contributed by atoms with E-state index in [-0.39, 0.29) is 0 Å². The second-order valence-electron chi connectivity index (χ2n) is 6.21. The van der Waals surface area contributed by atoms with Gasteiger partial charge in [0.05, 0.1) is 17.1 Å². The van der Waals surface area contributed by atoms with Crippen molar-refractivity contribution < 1.29 is 0 Å². The number of nitrogens with one attached hydrogen (secondary N) is 1. The fourth-order valence-electron chi connectivity index (χ4n) is 3.45. The Morgan fingerprint density at radius 1 is 1.22 bits per heavy atom. The highest BCUT2D eigenvalue weighted by Crippen LogP contribution is 2.31. The summed E-state index contributed by atoms with van der Waals surface area (Å²) in [5, 5.41) is 0. The number of H-pyrrole nitrogens is 1. The molecule has 1 saturated heterocycles. The average Bonchev–Trinajstić information content (AvgIpc) is 2.99. The van der Waals surface area contributed by atoms with Crippen LogP contribution in [0.15, 0.2) is 42.6 Å². The van der Waals surface area contributed by atoms with E-state index in [4.69, 9.17) is 10.7 Å². The summed E-state index contributed by atoms with van der Waals surface area (Å²) >= 11 is 0. The maximum Gasteiger partial charge on any atom is 0.124 e. The number of likely N-dealkylation sites (tertiary alicyclic amines) is 1. The summed E-state index contributed by atoms with van der Waals surface area (Å²) in [5.74, 6) is 1.66. The van der Waals surface area contributed by atoms with Crippen molar-refractivity contribution in [1.82, 2.24) is 19.9 Å². The first kappa shape index (κ1) is 14.2. The molecule has 1 atom stereocenters. The monoisotopic (exact) mass is 307 g/mol. The van der Waals surface area contributed by atoms with Crippen LogP contribution in [-0.2, 0) is 6.54 Å². The highest BCUT2D eigenvalue weighted by molar-refractivity contribution is 5.74. The quantitative estimate of drug-likeness (QED) is 0.779. The zero-order valence-electron chi connectivity index (χ0n) is 13.1. The Hall–Kier alpha value is -2.40. The lowest BCUT2D eigenvalue weighted by Gasteiger charge is -2.34. The zero-order chi connectivity index (χ0) is 15.6. The normalized spacial score (nSPS) is 19.2. The van der Waals surface area contributed by atoms with Gasteiger partial charge in [0.1, 0.15) is 11.6 Å². The number of para-hydroxylation sites is 2. The van der Waals surface area contributed by atoms with Gasteiger partial charge in [-0.15, -0.1) is 0 Å². The zero-order valence-corrected chi connectivity index (χ0v) is 13.1. The summed E-state index contributed by atoms with van der Waals surface area (Å²) in [6, 6.07) is 12.6. The number of nitrogens with zero attached hydrogens (tertiary/aromatic N) is 3. The van der Waals surface area contributed by atoms with Crippen molar-refractivity contribution in [1.29, 1.82) is 0 Å². The minimum absolute atomic E-state index is 0.338. The van der Waals surface area contributed by atoms with E-state index in [0.717, 1.165) is 36.4 Å². The first-order chi connectivity index (χ1) is 11.3. The number of aromatic amines is 1. The molecule has 1 fully saturated rings. The van der Waals surface area contributed by atoms with E-state index in [2.05, 4.69) is 27.0 Å². The minimum atomic E-state index is 0.338. The number of rotatable bonds is 3. The topological polar surface area (TPSA) is 70.8 Å². The van der Waals surface area contributed by atoms with Gasteiger partial charge >= 0.3 is 0 Å². The molecule has 0 saturated carbocycles. The van der Waals surface area contributed by atoms with Gasteiger partial charge in [-0.25, -0.2) is 9.97 Å². The Kier molecular flexibility index (Phi) is 3.71. The summed E-state index contributed by atoms with van der Waals surface area (Å²) < 4.78 is 0. The number of fused-ring (bicyclic) bond motifs is 1. The molecule has 0 amide bonds. The Bertz CT molecular complexity index is 777. The molecule has 1 aliphatic rings. The number of pyridine rings is 1. The van der Waals surface area contributed by atoms with Gasteiger partial charge in [-0.05, 0) is 49.2 Å². The number of nitrogens with two attached hydrogens (primary N) is 1. The molecule has 3 aromatic rings. The van der Waals surface area contributed by atoms with E-state index < -0.39 is 0 Å². The number of hydrogen-bond donors (Lipinski definition) is 2. The lowest BCUT2D eigenvalue weighted by molar-refractivity contribution is 0.134. The van der Waals surface area contributed by atoms with Gasteiger partial charge in [0.2, 0.25) is 0 Å². The highest BCUT2D eigenvalue weighted by atomic mass is 15.2. The number of benzene rings is 1. The van der Waals surface area contributed by atoms with Crippen LogP contribution in [0.1, 0.15) is 36.7 Å². The number of imidazole rings is 1. The number of hydrogen-bond acceptors (Lipinski definition) is 4. The number of anilines is 1. The fourth-order valence-corrected chi connectivity index (χ4v) is 3.45. The second-order valence-corrected chi connectivity index (χ2v) is 6.21. The molecule has 2 aromatic heterocycles. The molecule has 4 rings (SSSR count). The Morgan fingerprint density at radius 3 is 3.00 bits per heavy atom. The van der Waals surface area contributed by atoms with Crippen LogP contribution in [0.5, 0.6) is 0 Å². The van der Waals surface area contributed by atoms with E-state index in [1.165, 1.54) is 18.4 Å². The van der Waals surface area contributed by atoms with Gasteiger partial charge in [-0.3, -0.25) is 4.90 Å². The molecular formula is C18H21N5. The first-order valence-electron chi connectivity index (χ1n) is 8.19. The predicted molar refractivity (Wildman–Crippen MR) is 91.7 cm³/mol. The Morgan fingerprint density at radius 2 is 2.13 bits per heavy atom. The third-order valence-corrected chi connectivity index (χ3v) is 4.57. The molecule has 1 aromatic carbocycles. The van der Waals surface area contributed by atoms with E-state index in [1.54, 1.807) is 6.20 Å². The molecular weight excluding hydrogens is 286 g/mol. The summed E-state index contributed by atoms with van der Waals surface area (Å²) in [6.45, 7) is 1.97. The van der Waals surface area contributed by atoms with Gasteiger partial charge < -0.3 is 10.7 Å². The SMILES string of the molecule is Nc1cc(CN2CCCC[C@@H]2c2nc3ccccc3[nH]2)ccn1. The lowest BCUT2D eigenvalue weighted by atomic mass is 10.0. The van der Waals surface area contributed by atoms with Crippen LogP contribution >= 0.6 is 0 Å². The van der Waals surface area contributed by atoms with Crippen LogP contribution in [0.2, 0.25) is 0 Å². The van der Waals surface area contributed by atoms with Crippen LogP contribution in [0.4, 0.5) is 5.82 Å². The largest absolute Gasteiger partial charge is 0.384 e. The standard InChI is InChI=1S/C18H21N5/c19-17-11-13(8-9-20-17)12-23-10-4-3-7-16(23)18-21-14-5-1-2-6-15(14)22-18/h1-2,5-6,8-9,11,16H,3-4,7,10,12H2,(H2,19,20)(H,21,22)/t16-/m1/s1. The van der Waals surface area contributed by atoms with E-state index in [0.29, 0.717) is 11.9 Å². The molecule has 0 spiro atoms. The van der Waals surface area contributed by atoms with Gasteiger partial charge in [0, 0.05) is 12.7 Å². The average molecular weight is 307 g/mol. The molecule has 0 aliphatic carbocycles. The summed E-state index contributed by atoms with van der Waals surface area (Å²) in [4.78, 5) is 14.9. The van der Waals surface area contributed by atoms with Crippen molar-refractivity contribution in [2.75, 3.05) is 12.3 Å². The molecule has 5 nitrogen and oxygen atoms in total. The number of aromatic nitrogens is 3. The van der Waals surface area contributed by atoms with E-state index >= 15 is 0 Å².